The Morgan fingerprint density at radius 1 is 1.43 bits per heavy atom. The molecule has 1 aliphatic rings. The van der Waals surface area contributed by atoms with Gasteiger partial charge in [-0.1, -0.05) is 12.1 Å². The van der Waals surface area contributed by atoms with Crippen molar-refractivity contribution in [1.82, 2.24) is 0 Å². The molecule has 76 valence electrons. The standard InChI is InChI=1S/C12H17NO/c1-14-9-10-4-2-7-12(8-10)13-11-5-3-6-11/h2,4,7-8,11,13H,3,5-6,9H2,1H3. The minimum atomic E-state index is 0.695. The highest BCUT2D eigenvalue weighted by Gasteiger charge is 2.16. The van der Waals surface area contributed by atoms with E-state index in [0.717, 1.165) is 0 Å². The zero-order chi connectivity index (χ0) is 9.80. The van der Waals surface area contributed by atoms with E-state index in [9.17, 15) is 0 Å². The zero-order valence-corrected chi connectivity index (χ0v) is 8.62. The molecule has 0 saturated heterocycles. The van der Waals surface area contributed by atoms with Crippen LogP contribution in [0.15, 0.2) is 24.3 Å². The Kier molecular flexibility index (Phi) is 3.04. The summed E-state index contributed by atoms with van der Waals surface area (Å²) >= 11 is 0. The van der Waals surface area contributed by atoms with Crippen LogP contribution in [-0.2, 0) is 11.3 Å². The van der Waals surface area contributed by atoms with Crippen molar-refractivity contribution >= 4 is 5.69 Å². The molecule has 0 amide bonds. The lowest BCUT2D eigenvalue weighted by Gasteiger charge is -2.27. The van der Waals surface area contributed by atoms with E-state index in [2.05, 4.69) is 29.6 Å². The number of rotatable bonds is 4. The zero-order valence-electron chi connectivity index (χ0n) is 8.62. The normalized spacial score (nSPS) is 16.4. The molecule has 1 aromatic carbocycles. The predicted octanol–water partition coefficient (Wildman–Crippen LogP) is 2.80. The van der Waals surface area contributed by atoms with Crippen molar-refractivity contribution in [3.63, 3.8) is 0 Å². The van der Waals surface area contributed by atoms with E-state index in [4.69, 9.17) is 4.74 Å². The van der Waals surface area contributed by atoms with Crippen molar-refractivity contribution in [2.24, 2.45) is 0 Å². The topological polar surface area (TPSA) is 21.3 Å². The molecule has 1 aliphatic carbocycles. The molecule has 0 aromatic heterocycles. The highest BCUT2D eigenvalue weighted by molar-refractivity contribution is 5.46. The summed E-state index contributed by atoms with van der Waals surface area (Å²) in [5, 5.41) is 3.52. The molecule has 2 nitrogen and oxygen atoms in total. The first-order chi connectivity index (χ1) is 6.88. The smallest absolute Gasteiger partial charge is 0.0713 e. The summed E-state index contributed by atoms with van der Waals surface area (Å²) in [4.78, 5) is 0. The predicted molar refractivity (Wildman–Crippen MR) is 58.4 cm³/mol. The summed E-state index contributed by atoms with van der Waals surface area (Å²) in [6, 6.07) is 9.16. The van der Waals surface area contributed by atoms with Gasteiger partial charge in [-0.25, -0.2) is 0 Å². The van der Waals surface area contributed by atoms with E-state index >= 15 is 0 Å². The molecule has 0 spiro atoms. The molecular formula is C12H17NO. The van der Waals surface area contributed by atoms with Crippen molar-refractivity contribution in [2.75, 3.05) is 12.4 Å². The number of ether oxygens (including phenoxy) is 1. The molecule has 2 heteroatoms. The van der Waals surface area contributed by atoms with Crippen LogP contribution in [0.25, 0.3) is 0 Å². The number of hydrogen-bond acceptors (Lipinski definition) is 2. The first-order valence-electron chi connectivity index (χ1n) is 5.23. The van der Waals surface area contributed by atoms with Gasteiger partial charge >= 0.3 is 0 Å². The van der Waals surface area contributed by atoms with Gasteiger partial charge in [0, 0.05) is 18.8 Å². The second-order valence-corrected chi connectivity index (χ2v) is 3.91. The first-order valence-corrected chi connectivity index (χ1v) is 5.23. The van der Waals surface area contributed by atoms with E-state index in [1.165, 1.54) is 30.5 Å². The van der Waals surface area contributed by atoms with Crippen LogP contribution in [0.5, 0.6) is 0 Å². The fourth-order valence-corrected chi connectivity index (χ4v) is 1.71. The highest BCUT2D eigenvalue weighted by atomic mass is 16.5. The van der Waals surface area contributed by atoms with Crippen LogP contribution in [-0.4, -0.2) is 13.2 Å². The summed E-state index contributed by atoms with van der Waals surface area (Å²) in [5.41, 5.74) is 2.46. The van der Waals surface area contributed by atoms with E-state index < -0.39 is 0 Å². The molecule has 1 fully saturated rings. The number of anilines is 1. The van der Waals surface area contributed by atoms with Gasteiger partial charge in [-0.3, -0.25) is 0 Å². The van der Waals surface area contributed by atoms with Crippen molar-refractivity contribution in [3.8, 4) is 0 Å². The molecule has 14 heavy (non-hydrogen) atoms. The van der Waals surface area contributed by atoms with E-state index in [1.54, 1.807) is 7.11 Å². The molecule has 0 aliphatic heterocycles. The van der Waals surface area contributed by atoms with E-state index in [-0.39, 0.29) is 0 Å². The minimum absolute atomic E-state index is 0.695. The van der Waals surface area contributed by atoms with Gasteiger partial charge in [0.25, 0.3) is 0 Å². The monoisotopic (exact) mass is 191 g/mol. The van der Waals surface area contributed by atoms with Crippen molar-refractivity contribution in [2.45, 2.75) is 31.9 Å². The Morgan fingerprint density at radius 2 is 2.29 bits per heavy atom. The summed E-state index contributed by atoms with van der Waals surface area (Å²) < 4.78 is 5.10. The molecule has 0 radical (unpaired) electrons. The van der Waals surface area contributed by atoms with Gasteiger partial charge in [-0.2, -0.15) is 0 Å². The SMILES string of the molecule is COCc1cccc(NC2CCC2)c1. The molecule has 1 aromatic rings. The van der Waals surface area contributed by atoms with Crippen LogP contribution in [0.4, 0.5) is 5.69 Å². The van der Waals surface area contributed by atoms with Gasteiger partial charge in [-0.15, -0.1) is 0 Å². The Morgan fingerprint density at radius 3 is 2.93 bits per heavy atom. The lowest BCUT2D eigenvalue weighted by molar-refractivity contribution is 0.185. The minimum Gasteiger partial charge on any atom is -0.382 e. The number of nitrogens with one attached hydrogen (secondary N) is 1. The molecule has 1 saturated carbocycles. The van der Waals surface area contributed by atoms with Gasteiger partial charge in [0.15, 0.2) is 0 Å². The summed E-state index contributed by atoms with van der Waals surface area (Å²) in [6.45, 7) is 0.695. The van der Waals surface area contributed by atoms with Crippen LogP contribution >= 0.6 is 0 Å². The Bertz CT molecular complexity index is 294. The van der Waals surface area contributed by atoms with Crippen LogP contribution in [0.2, 0.25) is 0 Å². The van der Waals surface area contributed by atoms with Gasteiger partial charge in [0.05, 0.1) is 6.61 Å². The quantitative estimate of drug-likeness (QED) is 0.790. The van der Waals surface area contributed by atoms with E-state index in [1.807, 2.05) is 0 Å². The van der Waals surface area contributed by atoms with Gasteiger partial charge < -0.3 is 10.1 Å². The second-order valence-electron chi connectivity index (χ2n) is 3.91. The maximum Gasteiger partial charge on any atom is 0.0713 e. The third-order valence-electron chi connectivity index (χ3n) is 2.71. The molecular weight excluding hydrogens is 174 g/mol. The van der Waals surface area contributed by atoms with Gasteiger partial charge in [0.1, 0.15) is 0 Å². The van der Waals surface area contributed by atoms with Crippen LogP contribution < -0.4 is 5.32 Å². The summed E-state index contributed by atoms with van der Waals surface area (Å²) in [6.07, 6.45) is 4.00. The average Bonchev–Trinajstić information content (AvgIpc) is 2.13. The Balaban J connectivity index is 1.97. The van der Waals surface area contributed by atoms with Gasteiger partial charge in [-0.05, 0) is 37.0 Å². The van der Waals surface area contributed by atoms with Crippen LogP contribution in [0.1, 0.15) is 24.8 Å². The number of benzene rings is 1. The summed E-state index contributed by atoms with van der Waals surface area (Å²) in [5.74, 6) is 0. The van der Waals surface area contributed by atoms with E-state index in [0.29, 0.717) is 12.6 Å². The third kappa shape index (κ3) is 2.26. The molecule has 2 rings (SSSR count). The molecule has 0 heterocycles. The van der Waals surface area contributed by atoms with Crippen molar-refractivity contribution < 1.29 is 4.74 Å². The largest absolute Gasteiger partial charge is 0.382 e. The Labute approximate surface area is 85.3 Å². The maximum absolute atomic E-state index is 5.10. The molecule has 0 unspecified atom stereocenters. The average molecular weight is 191 g/mol. The van der Waals surface area contributed by atoms with Crippen molar-refractivity contribution in [3.05, 3.63) is 29.8 Å². The van der Waals surface area contributed by atoms with Gasteiger partial charge in [0.2, 0.25) is 0 Å². The van der Waals surface area contributed by atoms with Crippen LogP contribution in [0, 0.1) is 0 Å². The lowest BCUT2D eigenvalue weighted by atomic mass is 9.93. The highest BCUT2D eigenvalue weighted by Crippen LogP contribution is 2.23. The third-order valence-corrected chi connectivity index (χ3v) is 2.71. The molecule has 0 bridgehead atoms. The lowest BCUT2D eigenvalue weighted by Crippen LogP contribution is -2.26. The second kappa shape index (κ2) is 4.47. The molecule has 0 atom stereocenters. The molecule has 1 N–H and O–H groups in total. The fraction of sp³-hybridized carbons (Fsp3) is 0.500. The maximum atomic E-state index is 5.10. The summed E-state index contributed by atoms with van der Waals surface area (Å²) in [7, 11) is 1.73. The first kappa shape index (κ1) is 9.53. The number of hydrogen-bond donors (Lipinski definition) is 1. The van der Waals surface area contributed by atoms with Crippen LogP contribution in [0.3, 0.4) is 0 Å². The fourth-order valence-electron chi connectivity index (χ4n) is 1.71. The number of methoxy groups -OCH3 is 1. The Hall–Kier alpha value is -1.02. The van der Waals surface area contributed by atoms with Crippen molar-refractivity contribution in [1.29, 1.82) is 0 Å².